The lowest BCUT2D eigenvalue weighted by molar-refractivity contribution is 0.257. The minimum Gasteiger partial charge on any atom is -0.457 e. The number of fused-ring (bicyclic) bond motifs is 1. The smallest absolute Gasteiger partial charge is 0.160 e. The molecule has 2 atom stereocenters. The second-order valence-electron chi connectivity index (χ2n) is 11.2. The Bertz CT molecular complexity index is 1560. The predicted octanol–water partition coefficient (Wildman–Crippen LogP) is 8.21. The number of aromatic nitrogens is 3. The predicted molar refractivity (Wildman–Crippen MR) is 179 cm³/mol. The van der Waals surface area contributed by atoms with E-state index in [2.05, 4.69) is 72.0 Å². The molecule has 0 bridgehead atoms. The van der Waals surface area contributed by atoms with Crippen molar-refractivity contribution in [3.8, 4) is 11.5 Å². The van der Waals surface area contributed by atoms with E-state index in [0.717, 1.165) is 65.1 Å². The summed E-state index contributed by atoms with van der Waals surface area (Å²) in [5, 5.41) is 7.65. The van der Waals surface area contributed by atoms with Gasteiger partial charge in [-0.3, -0.25) is 0 Å². The number of pyridine rings is 1. The highest BCUT2D eigenvalue weighted by Crippen LogP contribution is 2.29. The number of hydrogen-bond donors (Lipinski definition) is 1. The molecule has 9 heteroatoms. The molecule has 1 aromatic carbocycles. The zero-order valence-corrected chi connectivity index (χ0v) is 26.9. The lowest BCUT2D eigenvalue weighted by atomic mass is 9.97. The molecule has 1 aliphatic heterocycles. The highest BCUT2D eigenvalue weighted by atomic mass is 16.5. The van der Waals surface area contributed by atoms with Crippen molar-refractivity contribution in [1.29, 1.82) is 0 Å². The summed E-state index contributed by atoms with van der Waals surface area (Å²) in [4.78, 5) is 21.1. The third-order valence-electron chi connectivity index (χ3n) is 8.21. The lowest BCUT2D eigenvalue weighted by Gasteiger charge is -2.32. The van der Waals surface area contributed by atoms with Gasteiger partial charge in [0.1, 0.15) is 35.7 Å². The molecule has 4 rings (SSSR count). The molecule has 1 aliphatic rings. The van der Waals surface area contributed by atoms with Crippen LogP contribution in [0.25, 0.3) is 5.65 Å². The van der Waals surface area contributed by atoms with E-state index in [1.807, 2.05) is 56.5 Å². The summed E-state index contributed by atoms with van der Waals surface area (Å²) in [5.74, 6) is 3.84. The summed E-state index contributed by atoms with van der Waals surface area (Å²) in [6, 6.07) is 10.1. The number of aliphatic imine (C=N–C) groups is 3. The first-order valence-electron chi connectivity index (χ1n) is 15.4. The summed E-state index contributed by atoms with van der Waals surface area (Å²) in [6.45, 7) is 15.2. The molecule has 0 radical (unpaired) electrons. The van der Waals surface area contributed by atoms with Crippen LogP contribution < -0.4 is 10.1 Å². The van der Waals surface area contributed by atoms with E-state index in [-0.39, 0.29) is 0 Å². The molecule has 0 saturated carbocycles. The van der Waals surface area contributed by atoms with Gasteiger partial charge < -0.3 is 15.0 Å². The molecule has 1 N–H and O–H groups in total. The number of rotatable bonds is 12. The number of allylic oxidation sites excluding steroid dienone is 2. The quantitative estimate of drug-likeness (QED) is 0.232. The normalized spacial score (nSPS) is 17.2. The van der Waals surface area contributed by atoms with Gasteiger partial charge in [-0.1, -0.05) is 40.2 Å². The maximum Gasteiger partial charge on any atom is 0.160 e. The Hall–Kier alpha value is -4.27. The number of aryl methyl sites for hydroxylation is 1. The second kappa shape index (κ2) is 14.8. The summed E-state index contributed by atoms with van der Waals surface area (Å²) < 4.78 is 7.88. The van der Waals surface area contributed by atoms with Crippen LogP contribution in [0.3, 0.4) is 0 Å². The average Bonchev–Trinajstić information content (AvgIpc) is 3.49. The fourth-order valence-corrected chi connectivity index (χ4v) is 5.04. The first-order chi connectivity index (χ1) is 20.8. The van der Waals surface area contributed by atoms with Crippen LogP contribution in [0.5, 0.6) is 11.5 Å². The second-order valence-corrected chi connectivity index (χ2v) is 11.2. The van der Waals surface area contributed by atoms with Gasteiger partial charge in [0.25, 0.3) is 0 Å². The van der Waals surface area contributed by atoms with Gasteiger partial charge in [0, 0.05) is 31.0 Å². The largest absolute Gasteiger partial charge is 0.457 e. The van der Waals surface area contributed by atoms with Crippen LogP contribution in [0, 0.1) is 12.8 Å². The monoisotopic (exact) mass is 582 g/mol. The average molecular weight is 583 g/mol. The van der Waals surface area contributed by atoms with E-state index in [1.165, 1.54) is 24.7 Å². The number of benzene rings is 1. The van der Waals surface area contributed by atoms with Crippen molar-refractivity contribution in [3.63, 3.8) is 0 Å². The lowest BCUT2D eigenvalue weighted by Crippen LogP contribution is -2.33. The Morgan fingerprint density at radius 3 is 2.65 bits per heavy atom. The molecule has 0 spiro atoms. The zero-order valence-electron chi connectivity index (χ0n) is 26.9. The van der Waals surface area contributed by atoms with Gasteiger partial charge in [-0.15, -0.1) is 0 Å². The molecule has 0 amide bonds. The fraction of sp³-hybridized carbons (Fsp3) is 0.441. The minimum absolute atomic E-state index is 0.407. The Morgan fingerprint density at radius 2 is 1.95 bits per heavy atom. The molecule has 0 aliphatic carbocycles. The van der Waals surface area contributed by atoms with Gasteiger partial charge in [0.2, 0.25) is 0 Å². The van der Waals surface area contributed by atoms with E-state index in [9.17, 15) is 0 Å². The van der Waals surface area contributed by atoms with Gasteiger partial charge >= 0.3 is 0 Å². The van der Waals surface area contributed by atoms with Crippen molar-refractivity contribution >= 4 is 29.2 Å². The third-order valence-corrected chi connectivity index (χ3v) is 8.21. The van der Waals surface area contributed by atoms with E-state index in [0.29, 0.717) is 17.6 Å². The number of nitrogens with one attached hydrogen (secondary N) is 1. The van der Waals surface area contributed by atoms with Gasteiger partial charge in [0.15, 0.2) is 11.5 Å². The zero-order chi connectivity index (χ0) is 30.9. The highest BCUT2D eigenvalue weighted by molar-refractivity contribution is 6.52. The molecule has 2 aromatic heterocycles. The van der Waals surface area contributed by atoms with Crippen LogP contribution in [-0.4, -0.2) is 50.5 Å². The number of anilines is 1. The maximum absolute atomic E-state index is 6.17. The minimum atomic E-state index is 0.407. The Labute approximate surface area is 256 Å². The van der Waals surface area contributed by atoms with Crippen molar-refractivity contribution in [2.45, 2.75) is 86.6 Å². The van der Waals surface area contributed by atoms with Crippen molar-refractivity contribution < 1.29 is 4.74 Å². The SMILES string of the molecule is C/C=C1/N=CN=C(Nc2ccc(Oc3ccn4ncnc4c3)c(C)c2)/C1=N/C(=C(\C)CC)N(C)C(CC)CCC(C)CC. The topological polar surface area (TPSA) is 91.8 Å². The van der Waals surface area contributed by atoms with Crippen LogP contribution in [-0.2, 0) is 0 Å². The summed E-state index contributed by atoms with van der Waals surface area (Å²) in [7, 11) is 2.18. The van der Waals surface area contributed by atoms with Crippen LogP contribution in [0.1, 0.15) is 79.2 Å². The maximum atomic E-state index is 6.17. The van der Waals surface area contributed by atoms with Crippen molar-refractivity contribution in [1.82, 2.24) is 19.5 Å². The van der Waals surface area contributed by atoms with E-state index < -0.39 is 0 Å². The first-order valence-corrected chi connectivity index (χ1v) is 15.4. The van der Waals surface area contributed by atoms with Gasteiger partial charge in [-0.2, -0.15) is 5.10 Å². The number of hydrogen-bond acceptors (Lipinski definition) is 8. The van der Waals surface area contributed by atoms with Crippen molar-refractivity contribution in [2.24, 2.45) is 20.9 Å². The molecular formula is C34H46N8O. The molecule has 0 saturated heterocycles. The third kappa shape index (κ3) is 7.77. The molecule has 0 fully saturated rings. The standard InChI is InChI=1S/C34H46N8O/c1-9-23(5)13-15-27(11-3)41(8)34(24(6)10-2)40-32-29(12-4)35-21-37-33(32)39-26-14-16-30(25(7)19-26)43-28-17-18-42-31(20-28)36-22-38-42/h12,14,16-23,27H,9-11,13,15H2,1-8H3,(H,35,37,39)/b29-12+,34-24-,40-32+. The van der Waals surface area contributed by atoms with Crippen molar-refractivity contribution in [3.05, 3.63) is 71.6 Å². The van der Waals surface area contributed by atoms with E-state index in [1.54, 1.807) is 10.9 Å². The summed E-state index contributed by atoms with van der Waals surface area (Å²) in [5.41, 5.74) is 5.37. The molecule has 3 aromatic rings. The van der Waals surface area contributed by atoms with Gasteiger partial charge in [-0.05, 0) is 87.8 Å². The van der Waals surface area contributed by atoms with Crippen LogP contribution in [0.4, 0.5) is 5.69 Å². The molecule has 228 valence electrons. The van der Waals surface area contributed by atoms with Crippen LogP contribution in [0.2, 0.25) is 0 Å². The molecule has 2 unspecified atom stereocenters. The summed E-state index contributed by atoms with van der Waals surface area (Å²) >= 11 is 0. The summed E-state index contributed by atoms with van der Waals surface area (Å²) in [6.07, 6.45) is 12.5. The van der Waals surface area contributed by atoms with Crippen LogP contribution >= 0.6 is 0 Å². The molecule has 43 heavy (non-hydrogen) atoms. The Morgan fingerprint density at radius 1 is 1.14 bits per heavy atom. The van der Waals surface area contributed by atoms with E-state index >= 15 is 0 Å². The van der Waals surface area contributed by atoms with Crippen LogP contribution in [0.15, 0.2) is 81.0 Å². The van der Waals surface area contributed by atoms with E-state index in [4.69, 9.17) is 9.73 Å². The van der Waals surface area contributed by atoms with Crippen molar-refractivity contribution in [2.75, 3.05) is 12.4 Å². The molecule has 3 heterocycles. The Balaban J connectivity index is 1.59. The molecular weight excluding hydrogens is 536 g/mol. The fourth-order valence-electron chi connectivity index (χ4n) is 5.04. The number of ether oxygens (including phenoxy) is 1. The molecule has 9 nitrogen and oxygen atoms in total. The van der Waals surface area contributed by atoms with Gasteiger partial charge in [0.05, 0.1) is 5.70 Å². The first kappa shape index (κ1) is 31.7. The highest BCUT2D eigenvalue weighted by Gasteiger charge is 2.23. The Kier molecular flexibility index (Phi) is 10.9. The van der Waals surface area contributed by atoms with Gasteiger partial charge in [-0.25, -0.2) is 24.5 Å². The number of amidine groups is 1. The number of nitrogens with zero attached hydrogens (tertiary/aromatic N) is 7.